The lowest BCUT2D eigenvalue weighted by atomic mass is 9.84. The Kier molecular flexibility index (Phi) is 3.92. The standard InChI is InChI=1S/C18H28N4O/c1-2-9-22(11-13-5-6-13)17(23)15-10-14-16(20-12-19-14)18(21-15)7-3-4-8-18/h12-13,15,21H,2-11H2,1H3,(H,19,20)/t15-/m0/s1. The van der Waals surface area contributed by atoms with E-state index in [0.717, 1.165) is 44.7 Å². The van der Waals surface area contributed by atoms with Gasteiger partial charge in [0.2, 0.25) is 5.91 Å². The first-order valence-electron chi connectivity index (χ1n) is 9.31. The Morgan fingerprint density at radius 3 is 2.87 bits per heavy atom. The van der Waals surface area contributed by atoms with Crippen molar-refractivity contribution >= 4 is 5.91 Å². The van der Waals surface area contributed by atoms with Gasteiger partial charge in [0.25, 0.3) is 0 Å². The number of carbonyl (C=O) groups is 1. The topological polar surface area (TPSA) is 61.0 Å². The molecule has 1 atom stereocenters. The number of aromatic nitrogens is 2. The number of nitrogens with one attached hydrogen (secondary N) is 2. The molecule has 1 aliphatic heterocycles. The van der Waals surface area contributed by atoms with Crippen molar-refractivity contribution in [3.63, 3.8) is 0 Å². The van der Waals surface area contributed by atoms with Crippen molar-refractivity contribution in [2.24, 2.45) is 5.92 Å². The molecular weight excluding hydrogens is 288 g/mol. The number of hydrogen-bond acceptors (Lipinski definition) is 3. The van der Waals surface area contributed by atoms with Crippen LogP contribution in [0.25, 0.3) is 0 Å². The first kappa shape index (κ1) is 15.2. The molecule has 5 heteroatoms. The van der Waals surface area contributed by atoms with Gasteiger partial charge in [0.1, 0.15) is 0 Å². The normalized spacial score (nSPS) is 25.5. The van der Waals surface area contributed by atoms with E-state index in [0.29, 0.717) is 5.91 Å². The quantitative estimate of drug-likeness (QED) is 0.876. The number of fused-ring (bicyclic) bond motifs is 2. The van der Waals surface area contributed by atoms with Crippen molar-refractivity contribution in [2.75, 3.05) is 13.1 Å². The number of carbonyl (C=O) groups excluding carboxylic acids is 1. The minimum atomic E-state index is -0.0913. The second-order valence-electron chi connectivity index (χ2n) is 7.65. The Morgan fingerprint density at radius 1 is 1.39 bits per heavy atom. The maximum atomic E-state index is 13.2. The number of hydrogen-bond donors (Lipinski definition) is 2. The molecule has 2 N–H and O–H groups in total. The highest BCUT2D eigenvalue weighted by Gasteiger charge is 2.46. The fourth-order valence-electron chi connectivity index (χ4n) is 4.45. The van der Waals surface area contributed by atoms with E-state index < -0.39 is 0 Å². The molecule has 0 bridgehead atoms. The van der Waals surface area contributed by atoms with E-state index in [1.54, 1.807) is 6.33 Å². The van der Waals surface area contributed by atoms with Crippen molar-refractivity contribution in [3.05, 3.63) is 17.7 Å². The fourth-order valence-corrected chi connectivity index (χ4v) is 4.45. The lowest BCUT2D eigenvalue weighted by Gasteiger charge is -2.40. The molecule has 0 unspecified atom stereocenters. The summed E-state index contributed by atoms with van der Waals surface area (Å²) in [4.78, 5) is 23.1. The van der Waals surface area contributed by atoms with Crippen LogP contribution in [-0.4, -0.2) is 39.9 Å². The predicted molar refractivity (Wildman–Crippen MR) is 89.0 cm³/mol. The van der Waals surface area contributed by atoms with Crippen LogP contribution in [0.1, 0.15) is 63.3 Å². The summed E-state index contributed by atoms with van der Waals surface area (Å²) in [5.41, 5.74) is 2.28. The van der Waals surface area contributed by atoms with E-state index in [1.807, 2.05) is 0 Å². The molecule has 2 fully saturated rings. The maximum absolute atomic E-state index is 13.2. The van der Waals surface area contributed by atoms with Crippen molar-refractivity contribution in [1.29, 1.82) is 0 Å². The molecule has 2 heterocycles. The zero-order valence-corrected chi connectivity index (χ0v) is 14.1. The van der Waals surface area contributed by atoms with Gasteiger partial charge in [-0.05, 0) is 38.0 Å². The first-order valence-corrected chi connectivity index (χ1v) is 9.31. The summed E-state index contributed by atoms with van der Waals surface area (Å²) in [5, 5.41) is 3.73. The molecule has 0 radical (unpaired) electrons. The van der Waals surface area contributed by atoms with Gasteiger partial charge in [-0.2, -0.15) is 0 Å². The van der Waals surface area contributed by atoms with Crippen LogP contribution in [0.2, 0.25) is 0 Å². The molecule has 5 nitrogen and oxygen atoms in total. The number of rotatable bonds is 5. The van der Waals surface area contributed by atoms with E-state index in [-0.39, 0.29) is 11.6 Å². The van der Waals surface area contributed by atoms with Gasteiger partial charge in [0.05, 0.1) is 23.6 Å². The SMILES string of the molecule is CCCN(CC1CC1)C(=O)[C@@H]1Cc2[nH]cnc2C2(CCCC2)N1. The molecule has 126 valence electrons. The number of nitrogens with zero attached hydrogens (tertiary/aromatic N) is 2. The van der Waals surface area contributed by atoms with Gasteiger partial charge < -0.3 is 9.88 Å². The molecule has 1 amide bonds. The summed E-state index contributed by atoms with van der Waals surface area (Å²) >= 11 is 0. The predicted octanol–water partition coefficient (Wildman–Crippen LogP) is 2.34. The van der Waals surface area contributed by atoms with Crippen LogP contribution in [0.4, 0.5) is 0 Å². The molecule has 0 aromatic carbocycles. The van der Waals surface area contributed by atoms with Crippen molar-refractivity contribution in [3.8, 4) is 0 Å². The summed E-state index contributed by atoms with van der Waals surface area (Å²) < 4.78 is 0. The summed E-state index contributed by atoms with van der Waals surface area (Å²) in [7, 11) is 0. The molecular formula is C18H28N4O. The van der Waals surface area contributed by atoms with Gasteiger partial charge >= 0.3 is 0 Å². The van der Waals surface area contributed by atoms with Crippen LogP contribution in [0, 0.1) is 5.92 Å². The molecule has 2 aliphatic carbocycles. The monoisotopic (exact) mass is 316 g/mol. The molecule has 2 saturated carbocycles. The molecule has 23 heavy (non-hydrogen) atoms. The van der Waals surface area contributed by atoms with E-state index in [4.69, 9.17) is 0 Å². The Bertz CT molecular complexity index is 571. The second-order valence-corrected chi connectivity index (χ2v) is 7.65. The Balaban J connectivity index is 1.55. The molecule has 3 aliphatic rings. The van der Waals surface area contributed by atoms with Crippen molar-refractivity contribution in [1.82, 2.24) is 20.2 Å². The minimum absolute atomic E-state index is 0.0641. The number of H-pyrrole nitrogens is 1. The molecule has 1 aromatic rings. The Labute approximate surface area is 138 Å². The van der Waals surface area contributed by atoms with Gasteiger partial charge in [0.15, 0.2) is 0 Å². The third-order valence-electron chi connectivity index (χ3n) is 5.77. The minimum Gasteiger partial charge on any atom is -0.348 e. The Morgan fingerprint density at radius 2 is 2.17 bits per heavy atom. The summed E-state index contributed by atoms with van der Waals surface area (Å²) in [6.45, 7) is 4.00. The largest absolute Gasteiger partial charge is 0.348 e. The number of aromatic amines is 1. The van der Waals surface area contributed by atoms with E-state index in [1.165, 1.54) is 37.1 Å². The highest BCUT2D eigenvalue weighted by atomic mass is 16.2. The van der Waals surface area contributed by atoms with Gasteiger partial charge in [-0.3, -0.25) is 10.1 Å². The average molecular weight is 316 g/mol. The van der Waals surface area contributed by atoms with Crippen LogP contribution < -0.4 is 5.32 Å². The van der Waals surface area contributed by atoms with Crippen LogP contribution in [-0.2, 0) is 16.8 Å². The third kappa shape index (κ3) is 2.80. The zero-order chi connectivity index (χ0) is 15.9. The highest BCUT2D eigenvalue weighted by Crippen LogP contribution is 2.42. The Hall–Kier alpha value is -1.36. The van der Waals surface area contributed by atoms with Crippen LogP contribution in [0.5, 0.6) is 0 Å². The number of imidazole rings is 1. The van der Waals surface area contributed by atoms with Gasteiger partial charge in [0, 0.05) is 25.2 Å². The van der Waals surface area contributed by atoms with Crippen molar-refractivity contribution in [2.45, 2.75) is 69.9 Å². The fraction of sp³-hybridized carbons (Fsp3) is 0.778. The van der Waals surface area contributed by atoms with Gasteiger partial charge in [-0.1, -0.05) is 19.8 Å². The molecule has 4 rings (SSSR count). The smallest absolute Gasteiger partial charge is 0.240 e. The highest BCUT2D eigenvalue weighted by molar-refractivity contribution is 5.82. The van der Waals surface area contributed by atoms with E-state index in [2.05, 4.69) is 27.1 Å². The van der Waals surface area contributed by atoms with E-state index in [9.17, 15) is 4.79 Å². The summed E-state index contributed by atoms with van der Waals surface area (Å²) in [6.07, 6.45) is 10.8. The summed E-state index contributed by atoms with van der Waals surface area (Å²) in [5.74, 6) is 1.04. The van der Waals surface area contributed by atoms with Gasteiger partial charge in [-0.15, -0.1) is 0 Å². The second kappa shape index (κ2) is 5.93. The first-order chi connectivity index (χ1) is 11.2. The third-order valence-corrected chi connectivity index (χ3v) is 5.77. The van der Waals surface area contributed by atoms with Crippen LogP contribution in [0.15, 0.2) is 6.33 Å². The zero-order valence-electron chi connectivity index (χ0n) is 14.1. The van der Waals surface area contributed by atoms with Crippen LogP contribution in [0.3, 0.4) is 0 Å². The van der Waals surface area contributed by atoms with Crippen molar-refractivity contribution < 1.29 is 4.79 Å². The van der Waals surface area contributed by atoms with Gasteiger partial charge in [-0.25, -0.2) is 4.98 Å². The molecule has 0 saturated heterocycles. The molecule has 1 spiro atoms. The maximum Gasteiger partial charge on any atom is 0.240 e. The van der Waals surface area contributed by atoms with E-state index >= 15 is 0 Å². The van der Waals surface area contributed by atoms with Crippen LogP contribution >= 0.6 is 0 Å². The molecule has 1 aromatic heterocycles. The summed E-state index contributed by atoms with van der Waals surface area (Å²) in [6, 6.07) is -0.0913. The average Bonchev–Trinajstić information content (AvgIpc) is 3.04. The lowest BCUT2D eigenvalue weighted by molar-refractivity contribution is -0.134. The number of amides is 1. The lowest BCUT2D eigenvalue weighted by Crippen LogP contribution is -2.58.